The van der Waals surface area contributed by atoms with Gasteiger partial charge in [0.2, 0.25) is 0 Å². The van der Waals surface area contributed by atoms with Gasteiger partial charge in [-0.1, -0.05) is 18.5 Å². The van der Waals surface area contributed by atoms with E-state index in [1.54, 1.807) is 0 Å². The number of anilines is 1. The molecule has 0 bridgehead atoms. The van der Waals surface area contributed by atoms with E-state index in [1.165, 1.54) is 0 Å². The molecule has 1 aliphatic rings. The van der Waals surface area contributed by atoms with Gasteiger partial charge in [0.05, 0.1) is 5.60 Å². The molecular weight excluding hydrogens is 250 g/mol. The van der Waals surface area contributed by atoms with Crippen LogP contribution in [0.2, 0.25) is 5.15 Å². The first-order chi connectivity index (χ1) is 8.43. The summed E-state index contributed by atoms with van der Waals surface area (Å²) in [6, 6.07) is 0. The summed E-state index contributed by atoms with van der Waals surface area (Å²) in [5.74, 6) is 1.69. The molecule has 1 aromatic rings. The van der Waals surface area contributed by atoms with Gasteiger partial charge in [0, 0.05) is 25.1 Å². The molecule has 1 saturated heterocycles. The zero-order chi connectivity index (χ0) is 13.3. The van der Waals surface area contributed by atoms with Crippen LogP contribution in [0.3, 0.4) is 0 Å². The van der Waals surface area contributed by atoms with E-state index in [2.05, 4.69) is 14.9 Å². The Hall–Kier alpha value is -0.870. The molecule has 0 atom stereocenters. The van der Waals surface area contributed by atoms with Crippen molar-refractivity contribution in [1.82, 2.24) is 9.97 Å². The van der Waals surface area contributed by atoms with Crippen LogP contribution in [0.1, 0.15) is 38.1 Å². The number of hydrogen-bond donors (Lipinski definition) is 1. The van der Waals surface area contributed by atoms with E-state index >= 15 is 0 Å². The molecule has 0 radical (unpaired) electrons. The average Bonchev–Trinajstić information content (AvgIpc) is 2.33. The van der Waals surface area contributed by atoms with Crippen molar-refractivity contribution in [3.8, 4) is 0 Å². The summed E-state index contributed by atoms with van der Waals surface area (Å²) >= 11 is 6.15. The van der Waals surface area contributed by atoms with Crippen LogP contribution in [-0.2, 0) is 6.42 Å². The van der Waals surface area contributed by atoms with Crippen molar-refractivity contribution in [2.45, 2.75) is 45.6 Å². The molecule has 18 heavy (non-hydrogen) atoms. The smallest absolute Gasteiger partial charge is 0.137 e. The topological polar surface area (TPSA) is 49.2 Å². The van der Waals surface area contributed by atoms with Crippen LogP contribution in [0.5, 0.6) is 0 Å². The fraction of sp³-hybridized carbons (Fsp3) is 0.692. The first-order valence-electron chi connectivity index (χ1n) is 6.43. The number of rotatable bonds is 2. The number of aliphatic hydroxyl groups is 1. The van der Waals surface area contributed by atoms with Crippen LogP contribution in [0.4, 0.5) is 5.82 Å². The SMILES string of the molecule is CCc1nc(Cl)c(C)c(N2CCC(C)(O)CC2)n1. The maximum absolute atomic E-state index is 9.98. The van der Waals surface area contributed by atoms with Gasteiger partial charge in [-0.25, -0.2) is 9.97 Å². The van der Waals surface area contributed by atoms with Crippen LogP contribution in [0.15, 0.2) is 0 Å². The van der Waals surface area contributed by atoms with E-state index in [0.29, 0.717) is 5.15 Å². The molecule has 1 N–H and O–H groups in total. The van der Waals surface area contributed by atoms with Gasteiger partial charge in [-0.3, -0.25) is 0 Å². The Kier molecular flexibility index (Phi) is 3.78. The van der Waals surface area contributed by atoms with E-state index < -0.39 is 5.60 Å². The Labute approximate surface area is 113 Å². The van der Waals surface area contributed by atoms with Gasteiger partial charge in [0.1, 0.15) is 16.8 Å². The second-order valence-electron chi connectivity index (χ2n) is 5.22. The molecule has 1 aromatic heterocycles. The molecule has 0 aromatic carbocycles. The standard InChI is InChI=1S/C13H20ClN3O/c1-4-10-15-11(14)9(2)12(16-10)17-7-5-13(3,18)6-8-17/h18H,4-8H2,1-3H3. The molecular formula is C13H20ClN3O. The van der Waals surface area contributed by atoms with Crippen molar-refractivity contribution in [1.29, 1.82) is 0 Å². The summed E-state index contributed by atoms with van der Waals surface area (Å²) in [6.45, 7) is 7.48. The Morgan fingerprint density at radius 3 is 2.50 bits per heavy atom. The number of hydrogen-bond acceptors (Lipinski definition) is 4. The third-order valence-corrected chi connectivity index (χ3v) is 3.93. The normalized spacial score (nSPS) is 19.1. The second-order valence-corrected chi connectivity index (χ2v) is 5.57. The maximum Gasteiger partial charge on any atom is 0.137 e. The quantitative estimate of drug-likeness (QED) is 0.838. The fourth-order valence-corrected chi connectivity index (χ4v) is 2.37. The van der Waals surface area contributed by atoms with Crippen molar-refractivity contribution < 1.29 is 5.11 Å². The molecule has 2 rings (SSSR count). The number of piperidine rings is 1. The molecule has 1 aliphatic heterocycles. The molecule has 0 amide bonds. The van der Waals surface area contributed by atoms with Crippen molar-refractivity contribution in [3.05, 3.63) is 16.5 Å². The Morgan fingerprint density at radius 2 is 1.94 bits per heavy atom. The van der Waals surface area contributed by atoms with Gasteiger partial charge >= 0.3 is 0 Å². The Balaban J connectivity index is 2.26. The van der Waals surface area contributed by atoms with Crippen LogP contribution in [0.25, 0.3) is 0 Å². The van der Waals surface area contributed by atoms with E-state index in [1.807, 2.05) is 20.8 Å². The molecule has 0 saturated carbocycles. The molecule has 0 aliphatic carbocycles. The number of nitrogens with zero attached hydrogens (tertiary/aromatic N) is 3. The minimum atomic E-state index is -0.547. The van der Waals surface area contributed by atoms with Crippen LogP contribution >= 0.6 is 11.6 Å². The summed E-state index contributed by atoms with van der Waals surface area (Å²) in [5.41, 5.74) is 0.379. The molecule has 1 fully saturated rings. The van der Waals surface area contributed by atoms with Crippen LogP contribution < -0.4 is 4.90 Å². The van der Waals surface area contributed by atoms with Crippen molar-refractivity contribution in [2.75, 3.05) is 18.0 Å². The third-order valence-electron chi connectivity index (χ3n) is 3.56. The largest absolute Gasteiger partial charge is 0.390 e. The first-order valence-corrected chi connectivity index (χ1v) is 6.81. The zero-order valence-corrected chi connectivity index (χ0v) is 12.0. The van der Waals surface area contributed by atoms with Gasteiger partial charge < -0.3 is 10.0 Å². The molecule has 0 unspecified atom stereocenters. The number of aromatic nitrogens is 2. The monoisotopic (exact) mass is 269 g/mol. The average molecular weight is 270 g/mol. The van der Waals surface area contributed by atoms with Crippen LogP contribution in [-0.4, -0.2) is 33.8 Å². The van der Waals surface area contributed by atoms with E-state index in [4.69, 9.17) is 11.6 Å². The van der Waals surface area contributed by atoms with Crippen LogP contribution in [0, 0.1) is 6.92 Å². The van der Waals surface area contributed by atoms with Gasteiger partial charge in [-0.05, 0) is 26.7 Å². The Morgan fingerprint density at radius 1 is 1.33 bits per heavy atom. The van der Waals surface area contributed by atoms with Gasteiger partial charge in [0.15, 0.2) is 0 Å². The number of halogens is 1. The lowest BCUT2D eigenvalue weighted by Gasteiger charge is -2.37. The lowest BCUT2D eigenvalue weighted by Crippen LogP contribution is -2.43. The van der Waals surface area contributed by atoms with E-state index in [9.17, 15) is 5.11 Å². The molecule has 0 spiro atoms. The summed E-state index contributed by atoms with van der Waals surface area (Å²) in [5, 5.41) is 10.5. The summed E-state index contributed by atoms with van der Waals surface area (Å²) in [4.78, 5) is 11.0. The molecule has 4 nitrogen and oxygen atoms in total. The molecule has 100 valence electrons. The Bertz CT molecular complexity index is 438. The maximum atomic E-state index is 9.98. The lowest BCUT2D eigenvalue weighted by atomic mass is 9.94. The van der Waals surface area contributed by atoms with Crippen molar-refractivity contribution in [3.63, 3.8) is 0 Å². The summed E-state index contributed by atoms with van der Waals surface area (Å²) < 4.78 is 0. The third kappa shape index (κ3) is 2.75. The fourth-order valence-electron chi connectivity index (χ4n) is 2.19. The summed E-state index contributed by atoms with van der Waals surface area (Å²) in [6.07, 6.45) is 2.30. The zero-order valence-electron chi connectivity index (χ0n) is 11.2. The highest BCUT2D eigenvalue weighted by atomic mass is 35.5. The first kappa shape index (κ1) is 13.6. The predicted octanol–water partition coefficient (Wildman–Crippen LogP) is 2.35. The van der Waals surface area contributed by atoms with Gasteiger partial charge in [0.25, 0.3) is 0 Å². The van der Waals surface area contributed by atoms with Gasteiger partial charge in [-0.2, -0.15) is 0 Å². The van der Waals surface area contributed by atoms with E-state index in [0.717, 1.165) is 49.6 Å². The number of aryl methyl sites for hydroxylation is 1. The summed E-state index contributed by atoms with van der Waals surface area (Å²) in [7, 11) is 0. The predicted molar refractivity (Wildman–Crippen MR) is 73.2 cm³/mol. The van der Waals surface area contributed by atoms with Crippen molar-refractivity contribution >= 4 is 17.4 Å². The second kappa shape index (κ2) is 5.02. The molecule has 2 heterocycles. The van der Waals surface area contributed by atoms with Crippen molar-refractivity contribution in [2.24, 2.45) is 0 Å². The molecule has 5 heteroatoms. The van der Waals surface area contributed by atoms with Gasteiger partial charge in [-0.15, -0.1) is 0 Å². The lowest BCUT2D eigenvalue weighted by molar-refractivity contribution is 0.0350. The minimum Gasteiger partial charge on any atom is -0.390 e. The minimum absolute atomic E-state index is 0.536. The highest BCUT2D eigenvalue weighted by Gasteiger charge is 2.29. The van der Waals surface area contributed by atoms with E-state index in [-0.39, 0.29) is 0 Å². The highest BCUT2D eigenvalue weighted by Crippen LogP contribution is 2.29. The highest BCUT2D eigenvalue weighted by molar-refractivity contribution is 6.30.